The first-order valence-electron chi connectivity index (χ1n) is 5.27. The van der Waals surface area contributed by atoms with Gasteiger partial charge >= 0.3 is 0 Å². The fourth-order valence-corrected chi connectivity index (χ4v) is 2.05. The quantitative estimate of drug-likeness (QED) is 0.881. The summed E-state index contributed by atoms with van der Waals surface area (Å²) in [6.45, 7) is 2.09. The lowest BCUT2D eigenvalue weighted by atomic mass is 10.0. The molecule has 0 aliphatic heterocycles. The van der Waals surface area contributed by atoms with Gasteiger partial charge in [-0.15, -0.1) is 0 Å². The Morgan fingerprint density at radius 2 is 2.19 bits per heavy atom. The minimum absolute atomic E-state index is 0.0676. The molecule has 2 aromatic rings. The Morgan fingerprint density at radius 3 is 2.81 bits per heavy atom. The summed E-state index contributed by atoms with van der Waals surface area (Å²) < 4.78 is 3.00. The van der Waals surface area contributed by atoms with Gasteiger partial charge < -0.3 is 5.73 Å². The molecule has 0 saturated heterocycles. The first kappa shape index (κ1) is 11.6. The minimum atomic E-state index is 0.0676. The van der Waals surface area contributed by atoms with Crippen molar-refractivity contribution in [3.8, 4) is 5.69 Å². The summed E-state index contributed by atoms with van der Waals surface area (Å²) in [6, 6.07) is 8.21. The highest BCUT2D eigenvalue weighted by Gasteiger charge is 2.10. The number of nitrogens with zero attached hydrogens (tertiary/aromatic N) is 2. The molecule has 1 heterocycles. The number of hydrogen-bond donors (Lipinski definition) is 1. The molecule has 0 radical (unpaired) electrons. The predicted molar refractivity (Wildman–Crippen MR) is 73.5 cm³/mol. The van der Waals surface area contributed by atoms with Crippen LogP contribution >= 0.6 is 22.6 Å². The molecule has 0 saturated carbocycles. The lowest BCUT2D eigenvalue weighted by molar-refractivity contribution is 0.686. The monoisotopic (exact) mass is 327 g/mol. The molecular formula is C12H14IN3. The third-order valence-corrected chi connectivity index (χ3v) is 3.13. The molecule has 0 aliphatic rings. The van der Waals surface area contributed by atoms with Crippen molar-refractivity contribution in [3.05, 3.63) is 45.8 Å². The van der Waals surface area contributed by atoms with E-state index in [9.17, 15) is 0 Å². The first-order chi connectivity index (χ1) is 7.72. The van der Waals surface area contributed by atoms with Gasteiger partial charge in [-0.1, -0.05) is 25.1 Å². The van der Waals surface area contributed by atoms with E-state index in [0.29, 0.717) is 0 Å². The zero-order valence-electron chi connectivity index (χ0n) is 9.10. The molecule has 1 unspecified atom stereocenters. The predicted octanol–water partition coefficient (Wildman–Crippen LogP) is 2.89. The highest BCUT2D eigenvalue weighted by molar-refractivity contribution is 14.1. The van der Waals surface area contributed by atoms with Crippen LogP contribution in [0.25, 0.3) is 5.69 Å². The number of halogens is 1. The van der Waals surface area contributed by atoms with Crippen molar-refractivity contribution in [2.45, 2.75) is 19.4 Å². The Bertz CT molecular complexity index is 479. The van der Waals surface area contributed by atoms with Crippen molar-refractivity contribution >= 4 is 22.6 Å². The Balaban J connectivity index is 2.48. The normalized spacial score (nSPS) is 12.7. The maximum atomic E-state index is 6.10. The molecule has 1 aromatic carbocycles. The fourth-order valence-electron chi connectivity index (χ4n) is 1.66. The molecule has 16 heavy (non-hydrogen) atoms. The molecule has 1 atom stereocenters. The summed E-state index contributed by atoms with van der Waals surface area (Å²) in [5.74, 6) is 0. The average Bonchev–Trinajstić information content (AvgIpc) is 2.75. The van der Waals surface area contributed by atoms with Gasteiger partial charge in [-0.2, -0.15) is 5.10 Å². The van der Waals surface area contributed by atoms with Gasteiger partial charge in [0, 0.05) is 12.2 Å². The highest BCUT2D eigenvalue weighted by atomic mass is 127. The summed E-state index contributed by atoms with van der Waals surface area (Å²) in [6.07, 6.45) is 4.77. The number of benzene rings is 1. The second kappa shape index (κ2) is 4.97. The standard InChI is InChI=1S/C12H14IN3/c1-2-11(14)10-5-3-4-6-12(10)16-8-9(13)7-15-16/h3-8,11H,2,14H2,1H3. The van der Waals surface area contributed by atoms with Crippen molar-refractivity contribution in [3.63, 3.8) is 0 Å². The molecule has 0 aliphatic carbocycles. The van der Waals surface area contributed by atoms with Gasteiger partial charge in [0.1, 0.15) is 0 Å². The maximum absolute atomic E-state index is 6.10. The van der Waals surface area contributed by atoms with Crippen LogP contribution in [0.2, 0.25) is 0 Å². The molecule has 2 N–H and O–H groups in total. The number of rotatable bonds is 3. The third kappa shape index (κ3) is 2.27. The van der Waals surface area contributed by atoms with Crippen LogP contribution in [0.3, 0.4) is 0 Å². The summed E-state index contributed by atoms with van der Waals surface area (Å²) >= 11 is 2.25. The van der Waals surface area contributed by atoms with E-state index in [0.717, 1.165) is 21.2 Å². The lowest BCUT2D eigenvalue weighted by Crippen LogP contribution is -2.12. The van der Waals surface area contributed by atoms with Crippen LogP contribution in [0.5, 0.6) is 0 Å². The molecule has 0 spiro atoms. The van der Waals surface area contributed by atoms with Gasteiger partial charge in [-0.05, 0) is 40.6 Å². The lowest BCUT2D eigenvalue weighted by Gasteiger charge is -2.14. The van der Waals surface area contributed by atoms with Crippen LogP contribution in [0.15, 0.2) is 36.7 Å². The van der Waals surface area contributed by atoms with E-state index in [-0.39, 0.29) is 6.04 Å². The van der Waals surface area contributed by atoms with Gasteiger partial charge in [-0.3, -0.25) is 0 Å². The molecule has 84 valence electrons. The van der Waals surface area contributed by atoms with Crippen LogP contribution in [0.1, 0.15) is 24.9 Å². The zero-order valence-corrected chi connectivity index (χ0v) is 11.3. The van der Waals surface area contributed by atoms with Crippen molar-refractivity contribution < 1.29 is 0 Å². The van der Waals surface area contributed by atoms with Gasteiger partial charge in [0.15, 0.2) is 0 Å². The molecule has 4 heteroatoms. The topological polar surface area (TPSA) is 43.8 Å². The van der Waals surface area contributed by atoms with E-state index >= 15 is 0 Å². The molecule has 0 amide bonds. The van der Waals surface area contributed by atoms with E-state index in [1.807, 2.05) is 35.3 Å². The molecule has 1 aromatic heterocycles. The molecular weight excluding hydrogens is 313 g/mol. The largest absolute Gasteiger partial charge is 0.324 e. The van der Waals surface area contributed by atoms with Crippen LogP contribution in [-0.2, 0) is 0 Å². The Hall–Kier alpha value is -0.880. The summed E-state index contributed by atoms with van der Waals surface area (Å²) in [5, 5.41) is 4.32. The number of nitrogens with two attached hydrogens (primary N) is 1. The van der Waals surface area contributed by atoms with Gasteiger partial charge in [0.2, 0.25) is 0 Å². The summed E-state index contributed by atoms with van der Waals surface area (Å²) in [7, 11) is 0. The second-order valence-electron chi connectivity index (χ2n) is 3.68. The maximum Gasteiger partial charge on any atom is 0.0693 e. The third-order valence-electron chi connectivity index (χ3n) is 2.57. The zero-order chi connectivity index (χ0) is 11.5. The van der Waals surface area contributed by atoms with Gasteiger partial charge in [-0.25, -0.2) is 4.68 Å². The minimum Gasteiger partial charge on any atom is -0.324 e. The van der Waals surface area contributed by atoms with Crippen LogP contribution in [0.4, 0.5) is 0 Å². The molecule has 0 fully saturated rings. The number of hydrogen-bond acceptors (Lipinski definition) is 2. The Morgan fingerprint density at radius 1 is 1.44 bits per heavy atom. The second-order valence-corrected chi connectivity index (χ2v) is 4.92. The van der Waals surface area contributed by atoms with E-state index in [2.05, 4.69) is 40.7 Å². The van der Waals surface area contributed by atoms with Gasteiger partial charge in [0.05, 0.1) is 15.5 Å². The van der Waals surface area contributed by atoms with Crippen LogP contribution in [0, 0.1) is 3.57 Å². The SMILES string of the molecule is CCC(N)c1ccccc1-n1cc(I)cn1. The van der Waals surface area contributed by atoms with E-state index < -0.39 is 0 Å². The fraction of sp³-hybridized carbons (Fsp3) is 0.250. The number of para-hydroxylation sites is 1. The Labute approximate surface area is 109 Å². The van der Waals surface area contributed by atoms with Crippen LogP contribution in [-0.4, -0.2) is 9.78 Å². The summed E-state index contributed by atoms with van der Waals surface area (Å²) in [4.78, 5) is 0. The molecule has 2 rings (SSSR count). The van der Waals surface area contributed by atoms with Crippen molar-refractivity contribution in [2.75, 3.05) is 0 Å². The smallest absolute Gasteiger partial charge is 0.0693 e. The van der Waals surface area contributed by atoms with E-state index in [1.165, 1.54) is 0 Å². The first-order valence-corrected chi connectivity index (χ1v) is 6.35. The van der Waals surface area contributed by atoms with Gasteiger partial charge in [0.25, 0.3) is 0 Å². The van der Waals surface area contributed by atoms with Crippen molar-refractivity contribution in [1.82, 2.24) is 9.78 Å². The highest BCUT2D eigenvalue weighted by Crippen LogP contribution is 2.22. The van der Waals surface area contributed by atoms with Crippen molar-refractivity contribution in [1.29, 1.82) is 0 Å². The van der Waals surface area contributed by atoms with Crippen LogP contribution < -0.4 is 5.73 Å². The van der Waals surface area contributed by atoms with E-state index in [4.69, 9.17) is 5.73 Å². The number of aromatic nitrogens is 2. The molecule has 3 nitrogen and oxygen atoms in total. The Kier molecular flexibility index (Phi) is 3.60. The van der Waals surface area contributed by atoms with E-state index in [1.54, 1.807) is 0 Å². The molecule has 0 bridgehead atoms. The summed E-state index contributed by atoms with van der Waals surface area (Å²) in [5.41, 5.74) is 8.31. The average molecular weight is 327 g/mol. The van der Waals surface area contributed by atoms with Crippen molar-refractivity contribution in [2.24, 2.45) is 5.73 Å².